The molecule has 5 nitrogen and oxygen atoms in total. The van der Waals surface area contributed by atoms with Gasteiger partial charge in [-0.25, -0.2) is 9.54 Å². The summed E-state index contributed by atoms with van der Waals surface area (Å²) in [5.41, 5.74) is 0.691. The van der Waals surface area contributed by atoms with Crippen molar-refractivity contribution in [3.8, 4) is 0 Å². The number of carbonyl (C=O) groups excluding carboxylic acids is 1. The Kier molecular flexibility index (Phi) is 10.5. The lowest BCUT2D eigenvalue weighted by molar-refractivity contribution is 0.209. The first-order valence-corrected chi connectivity index (χ1v) is 12.1. The van der Waals surface area contributed by atoms with Crippen LogP contribution in [0.25, 0.3) is 0 Å². The van der Waals surface area contributed by atoms with Gasteiger partial charge in [-0.1, -0.05) is 25.1 Å². The number of benzene rings is 1. The number of amides is 1. The Morgan fingerprint density at radius 2 is 2.00 bits per heavy atom. The Hall–Kier alpha value is -0.620. The van der Waals surface area contributed by atoms with Crippen LogP contribution in [0.1, 0.15) is 20.3 Å². The van der Waals surface area contributed by atoms with Gasteiger partial charge < -0.3 is 9.05 Å². The van der Waals surface area contributed by atoms with E-state index in [1.54, 1.807) is 11.8 Å². The molecule has 0 fully saturated rings. The van der Waals surface area contributed by atoms with Crippen molar-refractivity contribution < 1.29 is 13.8 Å². The van der Waals surface area contributed by atoms with E-state index in [4.69, 9.17) is 9.05 Å². The van der Waals surface area contributed by atoms with Gasteiger partial charge in [-0.3, -0.25) is 5.32 Å². The lowest BCUT2D eigenvalue weighted by Gasteiger charge is -2.22. The number of para-hydroxylation sites is 1. The maximum atomic E-state index is 12.2. The first-order valence-electron chi connectivity index (χ1n) is 7.57. The Balaban J connectivity index is 2.83. The highest BCUT2D eigenvalue weighted by Crippen LogP contribution is 2.64. The zero-order chi connectivity index (χ0) is 17.0. The summed E-state index contributed by atoms with van der Waals surface area (Å²) in [6.45, 7) is 2.44. The number of rotatable bonds is 10. The molecule has 0 aliphatic rings. The molecule has 0 spiro atoms. The average molecular weight is 376 g/mol. The fraction of sp³-hybridized carbons (Fsp3) is 0.533. The van der Waals surface area contributed by atoms with Crippen LogP contribution in [-0.4, -0.2) is 37.0 Å². The van der Waals surface area contributed by atoms with Crippen LogP contribution >= 0.6 is 29.9 Å². The zero-order valence-corrected chi connectivity index (χ0v) is 16.4. The molecule has 1 N–H and O–H groups in total. The van der Waals surface area contributed by atoms with Crippen LogP contribution in [0.5, 0.6) is 0 Å². The van der Waals surface area contributed by atoms with Crippen LogP contribution in [0, 0.1) is 0 Å². The number of thioether (sulfide) groups is 1. The molecule has 0 saturated heterocycles. The topological polar surface area (TPSA) is 59.9 Å². The molecule has 0 radical (unpaired) electrons. The molecule has 1 aromatic carbocycles. The summed E-state index contributed by atoms with van der Waals surface area (Å²) >= 11 is 3.22. The van der Waals surface area contributed by atoms with Gasteiger partial charge in [0.1, 0.15) is 0 Å². The fourth-order valence-electron chi connectivity index (χ4n) is 1.59. The summed E-state index contributed by atoms with van der Waals surface area (Å²) in [6, 6.07) is 9.23. The van der Waals surface area contributed by atoms with Crippen molar-refractivity contribution >= 4 is 41.6 Å². The largest absolute Gasteiger partial charge is 0.417 e. The highest BCUT2D eigenvalue weighted by atomic mass is 32.7. The van der Waals surface area contributed by atoms with Crippen molar-refractivity contribution in [2.24, 2.45) is 4.74 Å². The van der Waals surface area contributed by atoms with E-state index >= 15 is 0 Å². The smallest absolute Gasteiger partial charge is 0.381 e. The van der Waals surface area contributed by atoms with Crippen LogP contribution in [0.15, 0.2) is 35.1 Å². The van der Waals surface area contributed by atoms with Crippen LogP contribution < -0.4 is 5.32 Å². The van der Waals surface area contributed by atoms with Gasteiger partial charge >= 0.3 is 12.8 Å². The summed E-state index contributed by atoms with van der Waals surface area (Å²) in [5.74, 6) is 1.72. The molecule has 0 aliphatic carbocycles. The van der Waals surface area contributed by atoms with Gasteiger partial charge in [0.15, 0.2) is 0 Å². The lowest BCUT2D eigenvalue weighted by atomic mass is 10.3. The minimum atomic E-state index is -2.62. The molecule has 1 atom stereocenters. The van der Waals surface area contributed by atoms with Crippen molar-refractivity contribution in [1.29, 1.82) is 0 Å². The summed E-state index contributed by atoms with van der Waals surface area (Å²) < 4.78 is 16.1. The fourth-order valence-corrected chi connectivity index (χ4v) is 6.37. The molecule has 0 aromatic heterocycles. The minimum Gasteiger partial charge on any atom is -0.381 e. The molecule has 0 bridgehead atoms. The highest BCUT2D eigenvalue weighted by molar-refractivity contribution is 8.55. The number of carbonyl (C=O) groups is 1. The lowest BCUT2D eigenvalue weighted by Crippen LogP contribution is -2.13. The van der Waals surface area contributed by atoms with E-state index in [0.717, 1.165) is 17.9 Å². The predicted molar refractivity (Wildman–Crippen MR) is 104 cm³/mol. The van der Waals surface area contributed by atoms with Crippen molar-refractivity contribution in [2.45, 2.75) is 20.3 Å². The zero-order valence-electron chi connectivity index (χ0n) is 13.9. The van der Waals surface area contributed by atoms with E-state index in [1.807, 2.05) is 43.5 Å². The summed E-state index contributed by atoms with van der Waals surface area (Å²) in [5, 5.41) is 2.73. The van der Waals surface area contributed by atoms with Gasteiger partial charge in [0.25, 0.3) is 0 Å². The first-order chi connectivity index (χ1) is 11.2. The second-order valence-electron chi connectivity index (χ2n) is 4.45. The van der Waals surface area contributed by atoms with Crippen molar-refractivity contribution in [3.05, 3.63) is 30.3 Å². The Morgan fingerprint density at radius 1 is 1.26 bits per heavy atom. The summed E-state index contributed by atoms with van der Waals surface area (Å²) in [7, 11) is 0. The molecule has 1 unspecified atom stereocenters. The monoisotopic (exact) mass is 376 g/mol. The number of nitrogens with one attached hydrogen (secondary N) is 1. The molecular weight excluding hydrogens is 351 g/mol. The molecule has 1 amide bonds. The van der Waals surface area contributed by atoms with Gasteiger partial charge in [-0.2, -0.15) is 11.8 Å². The molecule has 130 valence electrons. The SMILES string of the molecule is CCCSP(=NCCSC)(OCC)OC(=O)Nc1ccccc1. The molecule has 0 heterocycles. The van der Waals surface area contributed by atoms with E-state index < -0.39 is 12.8 Å². The van der Waals surface area contributed by atoms with Gasteiger partial charge in [0.05, 0.1) is 13.2 Å². The van der Waals surface area contributed by atoms with Crippen LogP contribution in [-0.2, 0) is 9.05 Å². The van der Waals surface area contributed by atoms with Gasteiger partial charge in [-0.05, 0) is 43.1 Å². The van der Waals surface area contributed by atoms with E-state index in [-0.39, 0.29) is 0 Å². The third kappa shape index (κ3) is 8.15. The van der Waals surface area contributed by atoms with Gasteiger partial charge in [0, 0.05) is 17.2 Å². The first kappa shape index (κ1) is 20.4. The quantitative estimate of drug-likeness (QED) is 0.418. The van der Waals surface area contributed by atoms with Crippen LogP contribution in [0.4, 0.5) is 10.5 Å². The summed E-state index contributed by atoms with van der Waals surface area (Å²) in [4.78, 5) is 12.2. The highest BCUT2D eigenvalue weighted by Gasteiger charge is 2.26. The summed E-state index contributed by atoms with van der Waals surface area (Å²) in [6.07, 6.45) is 2.48. The molecular formula is C15H25N2O3PS2. The van der Waals surface area contributed by atoms with Crippen molar-refractivity contribution in [3.63, 3.8) is 0 Å². The molecule has 1 aromatic rings. The molecule has 23 heavy (non-hydrogen) atoms. The minimum absolute atomic E-state index is 0.464. The Bertz CT molecular complexity index is 515. The molecule has 0 saturated carbocycles. The van der Waals surface area contributed by atoms with Crippen LogP contribution in [0.2, 0.25) is 0 Å². The second-order valence-corrected chi connectivity index (χ2v) is 9.92. The van der Waals surface area contributed by atoms with Crippen molar-refractivity contribution in [1.82, 2.24) is 0 Å². The predicted octanol–water partition coefficient (Wildman–Crippen LogP) is 5.72. The number of nitrogens with zero attached hydrogens (tertiary/aromatic N) is 1. The third-order valence-electron chi connectivity index (χ3n) is 2.54. The van der Waals surface area contributed by atoms with Gasteiger partial charge in [0.2, 0.25) is 0 Å². The number of hydrogen-bond acceptors (Lipinski definition) is 6. The Morgan fingerprint density at radius 3 is 2.61 bits per heavy atom. The van der Waals surface area contributed by atoms with E-state index in [0.29, 0.717) is 18.8 Å². The van der Waals surface area contributed by atoms with E-state index in [1.165, 1.54) is 11.4 Å². The van der Waals surface area contributed by atoms with Gasteiger partial charge in [-0.15, -0.1) is 0 Å². The number of hydrogen-bond donors (Lipinski definition) is 1. The standard InChI is InChI=1S/C15H25N2O3PS2/c1-4-12-23-21(19-5-2,16-11-13-22-3)20-15(18)17-14-9-7-6-8-10-14/h6-10H,4-5,11-13H2,1-3H3,(H,17,18). The molecule has 1 rings (SSSR count). The number of anilines is 1. The normalized spacial score (nSPS) is 13.2. The molecule has 0 aliphatic heterocycles. The van der Waals surface area contributed by atoms with Crippen LogP contribution in [0.3, 0.4) is 0 Å². The molecule has 8 heteroatoms. The van der Waals surface area contributed by atoms with E-state index in [9.17, 15) is 4.79 Å². The second kappa shape index (κ2) is 11.8. The van der Waals surface area contributed by atoms with E-state index in [2.05, 4.69) is 17.0 Å². The average Bonchev–Trinajstić information content (AvgIpc) is 2.54. The Labute approximate surface area is 147 Å². The third-order valence-corrected chi connectivity index (χ3v) is 7.99. The maximum Gasteiger partial charge on any atom is 0.417 e. The maximum absolute atomic E-state index is 12.2. The van der Waals surface area contributed by atoms with Crippen molar-refractivity contribution in [2.75, 3.05) is 36.2 Å².